The summed E-state index contributed by atoms with van der Waals surface area (Å²) in [5.74, 6) is -1.06. The summed E-state index contributed by atoms with van der Waals surface area (Å²) in [4.78, 5) is 37.0. The summed E-state index contributed by atoms with van der Waals surface area (Å²) in [7, 11) is 1.35. The van der Waals surface area contributed by atoms with Gasteiger partial charge in [0.05, 0.1) is 24.7 Å². The number of nitro groups is 1. The highest BCUT2D eigenvalue weighted by molar-refractivity contribution is 7.12. The highest BCUT2D eigenvalue weighted by Gasteiger charge is 2.26. The summed E-state index contributed by atoms with van der Waals surface area (Å²) in [5, 5.41) is 11.3. The highest BCUT2D eigenvalue weighted by atomic mass is 32.1. The smallest absolute Gasteiger partial charge is 0.345 e. The zero-order valence-electron chi connectivity index (χ0n) is 15.4. The van der Waals surface area contributed by atoms with Gasteiger partial charge in [-0.25, -0.2) is 4.79 Å². The molecule has 1 aromatic carbocycles. The number of nitro benzene ring substituents is 1. The van der Waals surface area contributed by atoms with Crippen LogP contribution in [-0.2, 0) is 4.74 Å². The first-order chi connectivity index (χ1) is 12.8. The minimum Gasteiger partial charge on any atom is -0.493 e. The second-order valence-electron chi connectivity index (χ2n) is 5.54. The molecule has 0 aliphatic carbocycles. The summed E-state index contributed by atoms with van der Waals surface area (Å²) >= 11 is 1.46. The van der Waals surface area contributed by atoms with Crippen LogP contribution in [0.5, 0.6) is 11.5 Å². The maximum Gasteiger partial charge on any atom is 0.345 e. The van der Waals surface area contributed by atoms with Gasteiger partial charge in [-0.2, -0.15) is 0 Å². The van der Waals surface area contributed by atoms with Crippen molar-refractivity contribution in [1.29, 1.82) is 0 Å². The summed E-state index contributed by atoms with van der Waals surface area (Å²) < 4.78 is 15.4. The average Bonchev–Trinajstić information content (AvgIpc) is 2.97. The van der Waals surface area contributed by atoms with Crippen molar-refractivity contribution in [3.05, 3.63) is 49.2 Å². The van der Waals surface area contributed by atoms with Crippen LogP contribution in [0.25, 0.3) is 0 Å². The number of methoxy groups -OCH3 is 1. The molecule has 8 nitrogen and oxygen atoms in total. The van der Waals surface area contributed by atoms with Crippen LogP contribution in [-0.4, -0.2) is 37.0 Å². The fourth-order valence-electron chi connectivity index (χ4n) is 2.49. The molecule has 2 rings (SSSR count). The normalized spacial score (nSPS) is 10.4. The van der Waals surface area contributed by atoms with Crippen molar-refractivity contribution in [1.82, 2.24) is 0 Å². The molecule has 2 aromatic rings. The Morgan fingerprint density at radius 3 is 2.37 bits per heavy atom. The molecular formula is C18H19NO7S. The molecule has 0 aliphatic heterocycles. The molecule has 0 spiro atoms. The van der Waals surface area contributed by atoms with E-state index in [2.05, 4.69) is 0 Å². The minimum absolute atomic E-state index is 0.142. The predicted molar refractivity (Wildman–Crippen MR) is 99.2 cm³/mol. The molecular weight excluding hydrogens is 374 g/mol. The lowest BCUT2D eigenvalue weighted by Gasteiger charge is -2.11. The Bertz CT molecular complexity index is 888. The van der Waals surface area contributed by atoms with E-state index < -0.39 is 23.2 Å². The van der Waals surface area contributed by atoms with Crippen molar-refractivity contribution in [2.75, 3.05) is 20.3 Å². The van der Waals surface area contributed by atoms with E-state index in [-0.39, 0.29) is 29.5 Å². The third-order valence-corrected chi connectivity index (χ3v) is 4.64. The number of carbonyl (C=O) groups excluding carboxylic acids is 2. The van der Waals surface area contributed by atoms with Crippen LogP contribution in [0.4, 0.5) is 5.69 Å². The van der Waals surface area contributed by atoms with Gasteiger partial charge in [0.1, 0.15) is 5.56 Å². The first-order valence-electron chi connectivity index (χ1n) is 8.05. The number of Topliss-reactive ketones (excluding diaryl/α,β-unsaturated/α-hetero) is 1. The molecule has 0 N–H and O–H groups in total. The first-order valence-corrected chi connectivity index (χ1v) is 8.86. The van der Waals surface area contributed by atoms with E-state index in [1.54, 1.807) is 19.9 Å². The maximum absolute atomic E-state index is 12.4. The van der Waals surface area contributed by atoms with Gasteiger partial charge in [-0.3, -0.25) is 14.9 Å². The summed E-state index contributed by atoms with van der Waals surface area (Å²) in [5.41, 5.74) is -0.324. The molecule has 27 heavy (non-hydrogen) atoms. The van der Waals surface area contributed by atoms with Gasteiger partial charge in [-0.1, -0.05) is 0 Å². The quantitative estimate of drug-likeness (QED) is 0.291. The molecule has 0 aliphatic rings. The molecule has 0 bridgehead atoms. The van der Waals surface area contributed by atoms with Gasteiger partial charge in [-0.05, 0) is 26.8 Å². The van der Waals surface area contributed by atoms with Gasteiger partial charge < -0.3 is 14.2 Å². The van der Waals surface area contributed by atoms with Crippen LogP contribution >= 0.6 is 11.3 Å². The van der Waals surface area contributed by atoms with E-state index in [9.17, 15) is 19.7 Å². The third kappa shape index (κ3) is 4.62. The number of hydrogen-bond acceptors (Lipinski definition) is 8. The molecule has 144 valence electrons. The Morgan fingerprint density at radius 1 is 1.15 bits per heavy atom. The lowest BCUT2D eigenvalue weighted by Crippen LogP contribution is -2.16. The van der Waals surface area contributed by atoms with Gasteiger partial charge >= 0.3 is 5.97 Å². The zero-order chi connectivity index (χ0) is 20.1. The number of hydrogen-bond donors (Lipinski definition) is 0. The van der Waals surface area contributed by atoms with Crippen LogP contribution in [0.2, 0.25) is 0 Å². The van der Waals surface area contributed by atoms with E-state index in [1.807, 2.05) is 6.92 Å². The summed E-state index contributed by atoms with van der Waals surface area (Å²) in [6.07, 6.45) is 0. The Hall–Kier alpha value is -2.94. The lowest BCUT2D eigenvalue weighted by molar-refractivity contribution is -0.385. The summed E-state index contributed by atoms with van der Waals surface area (Å²) in [6, 6.07) is 4.00. The minimum atomic E-state index is -0.985. The van der Waals surface area contributed by atoms with Crippen LogP contribution in [0.15, 0.2) is 18.2 Å². The van der Waals surface area contributed by atoms with E-state index in [1.165, 1.54) is 24.5 Å². The lowest BCUT2D eigenvalue weighted by atomic mass is 10.1. The molecule has 0 radical (unpaired) electrons. The molecule has 9 heteroatoms. The number of rotatable bonds is 8. The highest BCUT2D eigenvalue weighted by Crippen LogP contribution is 2.35. The van der Waals surface area contributed by atoms with Gasteiger partial charge in [0.25, 0.3) is 5.69 Å². The number of aryl methyl sites for hydroxylation is 2. The van der Waals surface area contributed by atoms with Crippen LogP contribution < -0.4 is 9.47 Å². The van der Waals surface area contributed by atoms with Gasteiger partial charge in [0, 0.05) is 21.4 Å². The van der Waals surface area contributed by atoms with Crippen molar-refractivity contribution in [2.24, 2.45) is 0 Å². The number of nitrogens with zero attached hydrogens (tertiary/aromatic N) is 1. The van der Waals surface area contributed by atoms with E-state index >= 15 is 0 Å². The summed E-state index contributed by atoms with van der Waals surface area (Å²) in [6.45, 7) is 5.14. The van der Waals surface area contributed by atoms with Crippen LogP contribution in [0.3, 0.4) is 0 Å². The third-order valence-electron chi connectivity index (χ3n) is 3.67. The van der Waals surface area contributed by atoms with Gasteiger partial charge in [0.2, 0.25) is 5.78 Å². The van der Waals surface area contributed by atoms with Crippen LogP contribution in [0.1, 0.15) is 37.4 Å². The van der Waals surface area contributed by atoms with Crippen molar-refractivity contribution < 1.29 is 28.7 Å². The first kappa shape index (κ1) is 20.4. The van der Waals surface area contributed by atoms with Crippen molar-refractivity contribution in [2.45, 2.75) is 20.8 Å². The average molecular weight is 393 g/mol. The standard InChI is InChI=1S/C18H19NO7S/c1-5-25-17-8-14(19(22)23)13(7-16(17)24-4)18(21)26-9-15(20)12-6-10(2)27-11(12)3/h6-8H,5,9H2,1-4H3. The van der Waals surface area contributed by atoms with E-state index in [4.69, 9.17) is 14.2 Å². The second kappa shape index (κ2) is 8.63. The van der Waals surface area contributed by atoms with Crippen LogP contribution in [0, 0.1) is 24.0 Å². The second-order valence-corrected chi connectivity index (χ2v) is 7.00. The maximum atomic E-state index is 12.4. The molecule has 0 atom stereocenters. The number of thiophene rings is 1. The van der Waals surface area contributed by atoms with Crippen molar-refractivity contribution in [3.63, 3.8) is 0 Å². The molecule has 0 saturated carbocycles. The molecule has 0 unspecified atom stereocenters. The Balaban J connectivity index is 2.25. The van der Waals surface area contributed by atoms with Crippen molar-refractivity contribution >= 4 is 28.8 Å². The molecule has 0 amide bonds. The molecule has 1 aromatic heterocycles. The number of ketones is 1. The number of benzene rings is 1. The molecule has 1 heterocycles. The number of ether oxygens (including phenoxy) is 3. The number of esters is 1. The van der Waals surface area contributed by atoms with Gasteiger partial charge in [0.15, 0.2) is 18.1 Å². The molecule has 0 fully saturated rings. The van der Waals surface area contributed by atoms with E-state index in [0.717, 1.165) is 15.8 Å². The number of carbonyl (C=O) groups is 2. The zero-order valence-corrected chi connectivity index (χ0v) is 16.2. The van der Waals surface area contributed by atoms with E-state index in [0.29, 0.717) is 5.56 Å². The topological polar surface area (TPSA) is 105 Å². The van der Waals surface area contributed by atoms with Gasteiger partial charge in [-0.15, -0.1) is 11.3 Å². The van der Waals surface area contributed by atoms with Crippen molar-refractivity contribution in [3.8, 4) is 11.5 Å². The molecule has 0 saturated heterocycles. The predicted octanol–water partition coefficient (Wildman–Crippen LogP) is 3.72. The Labute approximate surface area is 159 Å². The Kier molecular flexibility index (Phi) is 6.51. The fraction of sp³-hybridized carbons (Fsp3) is 0.333. The fourth-order valence-corrected chi connectivity index (χ4v) is 3.43. The Morgan fingerprint density at radius 2 is 1.85 bits per heavy atom. The largest absolute Gasteiger partial charge is 0.493 e. The monoisotopic (exact) mass is 393 g/mol. The SMILES string of the molecule is CCOc1cc([N+](=O)[O-])c(C(=O)OCC(=O)c2cc(C)sc2C)cc1OC.